The summed E-state index contributed by atoms with van der Waals surface area (Å²) in [5, 5.41) is 0. The molecule has 2 aromatic carbocycles. The third-order valence-corrected chi connectivity index (χ3v) is 7.02. The van der Waals surface area contributed by atoms with Crippen LogP contribution < -0.4 is 4.72 Å². The Balaban J connectivity index is 1.52. The highest BCUT2D eigenvalue weighted by molar-refractivity contribution is 7.88. The van der Waals surface area contributed by atoms with E-state index >= 15 is 0 Å². The van der Waals surface area contributed by atoms with Crippen molar-refractivity contribution in [2.45, 2.75) is 44.2 Å². The number of ether oxygens (including phenoxy) is 1. The first-order valence-electron chi connectivity index (χ1n) is 10.9. The molecule has 1 heterocycles. The maximum Gasteiger partial charge on any atom is 0.410 e. The van der Waals surface area contributed by atoms with Gasteiger partial charge in [-0.3, -0.25) is 0 Å². The Morgan fingerprint density at radius 3 is 2.48 bits per heavy atom. The van der Waals surface area contributed by atoms with Crippen LogP contribution in [0.15, 0.2) is 54.6 Å². The molecule has 2 aliphatic rings. The van der Waals surface area contributed by atoms with Crippen molar-refractivity contribution in [3.8, 4) is 11.1 Å². The van der Waals surface area contributed by atoms with E-state index in [-0.39, 0.29) is 18.2 Å². The Kier molecular flexibility index (Phi) is 6.62. The summed E-state index contributed by atoms with van der Waals surface area (Å²) >= 11 is 0. The van der Waals surface area contributed by atoms with Crippen molar-refractivity contribution in [2.75, 3.05) is 19.4 Å². The molecule has 0 aromatic heterocycles. The average Bonchev–Trinajstić information content (AvgIpc) is 3.08. The van der Waals surface area contributed by atoms with Gasteiger partial charge < -0.3 is 9.64 Å². The van der Waals surface area contributed by atoms with Crippen LogP contribution in [0.5, 0.6) is 0 Å². The van der Waals surface area contributed by atoms with Crippen LogP contribution in [0.1, 0.15) is 31.2 Å². The number of sulfonamides is 1. The first-order valence-corrected chi connectivity index (χ1v) is 12.8. The summed E-state index contributed by atoms with van der Waals surface area (Å²) in [5.41, 5.74) is 3.28. The number of likely N-dealkylation sites (tertiary alicyclic amines) is 1. The molecule has 2 atom stereocenters. The second-order valence-electron chi connectivity index (χ2n) is 8.69. The molecule has 0 bridgehead atoms. The second-order valence-corrected chi connectivity index (χ2v) is 10.5. The van der Waals surface area contributed by atoms with E-state index in [1.54, 1.807) is 4.90 Å². The zero-order valence-electron chi connectivity index (χ0n) is 17.9. The van der Waals surface area contributed by atoms with E-state index in [4.69, 9.17) is 4.74 Å². The van der Waals surface area contributed by atoms with Gasteiger partial charge >= 0.3 is 6.09 Å². The SMILES string of the molecule is CS(=O)(=O)NC1CCN(C(=O)OCC2CCC2)C1Cc1cccc(-c2ccccc2)c1. The lowest BCUT2D eigenvalue weighted by molar-refractivity contribution is 0.0676. The van der Waals surface area contributed by atoms with Gasteiger partial charge in [-0.1, -0.05) is 61.0 Å². The predicted molar refractivity (Wildman–Crippen MR) is 121 cm³/mol. The number of hydrogen-bond acceptors (Lipinski definition) is 4. The van der Waals surface area contributed by atoms with Crippen LogP contribution in [0.2, 0.25) is 0 Å². The molecular formula is C24H30N2O4S. The van der Waals surface area contributed by atoms with Crippen LogP contribution in [0.4, 0.5) is 4.79 Å². The largest absolute Gasteiger partial charge is 0.449 e. The fraction of sp³-hybridized carbons (Fsp3) is 0.458. The number of nitrogens with one attached hydrogen (secondary N) is 1. The van der Waals surface area contributed by atoms with Gasteiger partial charge in [0.25, 0.3) is 0 Å². The van der Waals surface area contributed by atoms with Crippen molar-refractivity contribution in [2.24, 2.45) is 5.92 Å². The van der Waals surface area contributed by atoms with E-state index in [9.17, 15) is 13.2 Å². The van der Waals surface area contributed by atoms with Crippen LogP contribution in [0, 0.1) is 5.92 Å². The van der Waals surface area contributed by atoms with Crippen molar-refractivity contribution in [3.63, 3.8) is 0 Å². The number of rotatable bonds is 7. The lowest BCUT2D eigenvalue weighted by Gasteiger charge is -2.30. The molecule has 6 nitrogen and oxygen atoms in total. The third-order valence-electron chi connectivity index (χ3n) is 6.29. The van der Waals surface area contributed by atoms with Crippen molar-refractivity contribution < 1.29 is 17.9 Å². The Morgan fingerprint density at radius 2 is 1.81 bits per heavy atom. The normalized spacial score (nSPS) is 21.6. The highest BCUT2D eigenvalue weighted by Crippen LogP contribution is 2.29. The fourth-order valence-electron chi connectivity index (χ4n) is 4.43. The molecule has 1 saturated carbocycles. The monoisotopic (exact) mass is 442 g/mol. The molecule has 2 aromatic rings. The minimum absolute atomic E-state index is 0.283. The van der Waals surface area contributed by atoms with Crippen LogP contribution in [0.25, 0.3) is 11.1 Å². The number of benzene rings is 2. The van der Waals surface area contributed by atoms with E-state index in [2.05, 4.69) is 29.0 Å². The average molecular weight is 443 g/mol. The summed E-state index contributed by atoms with van der Waals surface area (Å²) in [7, 11) is -3.38. The highest BCUT2D eigenvalue weighted by Gasteiger charge is 2.39. The lowest BCUT2D eigenvalue weighted by Crippen LogP contribution is -2.48. The van der Waals surface area contributed by atoms with Gasteiger partial charge in [-0.15, -0.1) is 0 Å². The molecule has 1 amide bonds. The van der Waals surface area contributed by atoms with E-state index in [0.717, 1.165) is 35.8 Å². The number of amides is 1. The van der Waals surface area contributed by atoms with Gasteiger partial charge in [0.15, 0.2) is 0 Å². The number of carbonyl (C=O) groups excluding carboxylic acids is 1. The molecule has 7 heteroatoms. The van der Waals surface area contributed by atoms with Crippen LogP contribution >= 0.6 is 0 Å². The Hall–Kier alpha value is -2.38. The van der Waals surface area contributed by atoms with Gasteiger partial charge in [-0.25, -0.2) is 17.9 Å². The predicted octanol–water partition coefficient (Wildman–Crippen LogP) is 3.82. The second kappa shape index (κ2) is 9.40. The first-order chi connectivity index (χ1) is 14.9. The van der Waals surface area contributed by atoms with E-state index in [1.165, 1.54) is 6.42 Å². The summed E-state index contributed by atoms with van der Waals surface area (Å²) in [4.78, 5) is 14.5. The molecule has 1 N–H and O–H groups in total. The fourth-order valence-corrected chi connectivity index (χ4v) is 5.25. The highest BCUT2D eigenvalue weighted by atomic mass is 32.2. The van der Waals surface area contributed by atoms with Gasteiger partial charge in [0, 0.05) is 12.6 Å². The van der Waals surface area contributed by atoms with Gasteiger partial charge in [0.05, 0.1) is 18.9 Å². The Bertz CT molecular complexity index is 1010. The van der Waals surface area contributed by atoms with Gasteiger partial charge in [-0.2, -0.15) is 0 Å². The molecule has 2 fully saturated rings. The summed E-state index contributed by atoms with van der Waals surface area (Å²) in [6.45, 7) is 0.940. The Morgan fingerprint density at radius 1 is 1.06 bits per heavy atom. The molecule has 0 radical (unpaired) electrons. The summed E-state index contributed by atoms with van der Waals surface area (Å²) in [5.74, 6) is 0.470. The first kappa shape index (κ1) is 21.8. The molecule has 1 saturated heterocycles. The zero-order valence-corrected chi connectivity index (χ0v) is 18.7. The van der Waals surface area contributed by atoms with Crippen LogP contribution in [-0.2, 0) is 21.2 Å². The minimum Gasteiger partial charge on any atom is -0.449 e. The van der Waals surface area contributed by atoms with E-state index in [0.29, 0.717) is 31.9 Å². The number of hydrogen-bond donors (Lipinski definition) is 1. The third kappa shape index (κ3) is 5.66. The lowest BCUT2D eigenvalue weighted by atomic mass is 9.86. The zero-order chi connectivity index (χ0) is 21.8. The number of carbonyl (C=O) groups is 1. The van der Waals surface area contributed by atoms with Crippen LogP contribution in [-0.4, -0.2) is 50.9 Å². The molecule has 2 unspecified atom stereocenters. The summed E-state index contributed by atoms with van der Waals surface area (Å²) in [6.07, 6.45) is 5.39. The molecule has 166 valence electrons. The standard InChI is InChI=1S/C24H30N2O4S/c1-31(28,29)25-22-13-14-26(24(27)30-17-18-7-5-8-18)23(22)16-19-9-6-12-21(15-19)20-10-3-2-4-11-20/h2-4,6,9-12,15,18,22-23,25H,5,7-8,13-14,16-17H2,1H3. The quantitative estimate of drug-likeness (QED) is 0.707. The van der Waals surface area contributed by atoms with Crippen molar-refractivity contribution in [1.82, 2.24) is 9.62 Å². The van der Waals surface area contributed by atoms with E-state index in [1.807, 2.05) is 30.3 Å². The summed E-state index contributed by atoms with van der Waals surface area (Å²) in [6, 6.07) is 17.7. The maximum absolute atomic E-state index is 12.8. The Labute approximate surface area is 184 Å². The van der Waals surface area contributed by atoms with Crippen LogP contribution in [0.3, 0.4) is 0 Å². The molecule has 1 aliphatic heterocycles. The van der Waals surface area contributed by atoms with Crippen molar-refractivity contribution in [3.05, 3.63) is 60.2 Å². The maximum atomic E-state index is 12.8. The molecule has 4 rings (SSSR count). The molecule has 31 heavy (non-hydrogen) atoms. The van der Waals surface area contributed by atoms with Gasteiger partial charge in [0.1, 0.15) is 0 Å². The van der Waals surface area contributed by atoms with Gasteiger partial charge in [-0.05, 0) is 48.3 Å². The molecule has 0 spiro atoms. The molecule has 1 aliphatic carbocycles. The topological polar surface area (TPSA) is 75.7 Å². The van der Waals surface area contributed by atoms with Gasteiger partial charge in [0.2, 0.25) is 10.0 Å². The number of nitrogens with zero attached hydrogens (tertiary/aromatic N) is 1. The van der Waals surface area contributed by atoms with E-state index < -0.39 is 10.0 Å². The summed E-state index contributed by atoms with van der Waals surface area (Å²) < 4.78 is 32.1. The smallest absolute Gasteiger partial charge is 0.410 e. The minimum atomic E-state index is -3.38. The van der Waals surface area contributed by atoms with Crippen molar-refractivity contribution in [1.29, 1.82) is 0 Å². The van der Waals surface area contributed by atoms with Crippen molar-refractivity contribution >= 4 is 16.1 Å². The molecular weight excluding hydrogens is 412 g/mol.